The molecular formula is C22H22ClF2NO3. The average Bonchev–Trinajstić information content (AvgIpc) is 2.71. The van der Waals surface area contributed by atoms with Gasteiger partial charge in [-0.15, -0.1) is 0 Å². The van der Waals surface area contributed by atoms with Crippen molar-refractivity contribution in [3.63, 3.8) is 0 Å². The molecular weight excluding hydrogens is 400 g/mol. The zero-order chi connectivity index (χ0) is 21.1. The summed E-state index contributed by atoms with van der Waals surface area (Å²) in [5, 5.41) is 0.623. The van der Waals surface area contributed by atoms with Crippen molar-refractivity contribution in [3.05, 3.63) is 64.2 Å². The SMILES string of the molecule is Cc1cc(OC(C)C(=O)N2CCC(C(=O)c3cc(F)ccc3F)CC2)ccc1Cl. The van der Waals surface area contributed by atoms with Gasteiger partial charge in [-0.25, -0.2) is 8.78 Å². The van der Waals surface area contributed by atoms with Crippen molar-refractivity contribution in [2.75, 3.05) is 13.1 Å². The van der Waals surface area contributed by atoms with Gasteiger partial charge in [0, 0.05) is 24.0 Å². The molecule has 0 radical (unpaired) electrons. The van der Waals surface area contributed by atoms with Crippen LogP contribution < -0.4 is 4.74 Å². The highest BCUT2D eigenvalue weighted by Crippen LogP contribution is 2.25. The molecule has 0 saturated carbocycles. The summed E-state index contributed by atoms with van der Waals surface area (Å²) in [5.74, 6) is -1.86. The van der Waals surface area contributed by atoms with Crippen molar-refractivity contribution < 1.29 is 23.1 Å². The van der Waals surface area contributed by atoms with Gasteiger partial charge >= 0.3 is 0 Å². The number of carbonyl (C=O) groups is 2. The molecule has 1 saturated heterocycles. The Morgan fingerprint density at radius 3 is 2.48 bits per heavy atom. The second kappa shape index (κ2) is 8.91. The summed E-state index contributed by atoms with van der Waals surface area (Å²) in [6.45, 7) is 4.25. The van der Waals surface area contributed by atoms with E-state index < -0.39 is 29.4 Å². The van der Waals surface area contributed by atoms with Gasteiger partial charge in [0.2, 0.25) is 0 Å². The van der Waals surface area contributed by atoms with E-state index in [0.29, 0.717) is 36.7 Å². The molecule has 29 heavy (non-hydrogen) atoms. The van der Waals surface area contributed by atoms with Crippen LogP contribution in [0.1, 0.15) is 35.7 Å². The summed E-state index contributed by atoms with van der Waals surface area (Å²) >= 11 is 6.00. The number of ketones is 1. The van der Waals surface area contributed by atoms with Crippen LogP contribution in [0, 0.1) is 24.5 Å². The predicted molar refractivity (Wildman–Crippen MR) is 106 cm³/mol. The van der Waals surface area contributed by atoms with Crippen LogP contribution in [-0.4, -0.2) is 35.8 Å². The number of hydrogen-bond donors (Lipinski definition) is 0. The summed E-state index contributed by atoms with van der Waals surface area (Å²) in [4.78, 5) is 26.9. The van der Waals surface area contributed by atoms with Crippen molar-refractivity contribution in [2.45, 2.75) is 32.8 Å². The van der Waals surface area contributed by atoms with Gasteiger partial charge in [-0.05, 0) is 68.7 Å². The Hall–Kier alpha value is -2.47. The number of benzene rings is 2. The molecule has 4 nitrogen and oxygen atoms in total. The third kappa shape index (κ3) is 4.93. The Balaban J connectivity index is 1.58. The topological polar surface area (TPSA) is 46.6 Å². The Labute approximate surface area is 173 Å². The van der Waals surface area contributed by atoms with Crippen LogP contribution in [0.15, 0.2) is 36.4 Å². The molecule has 7 heteroatoms. The Bertz CT molecular complexity index is 926. The fourth-order valence-corrected chi connectivity index (χ4v) is 3.59. The summed E-state index contributed by atoms with van der Waals surface area (Å²) in [6.07, 6.45) is 0.101. The highest BCUT2D eigenvalue weighted by molar-refractivity contribution is 6.31. The number of rotatable bonds is 5. The highest BCUT2D eigenvalue weighted by Gasteiger charge is 2.31. The second-order valence-electron chi connectivity index (χ2n) is 7.26. The maximum Gasteiger partial charge on any atom is 0.263 e. The number of ether oxygens (including phenoxy) is 1. The second-order valence-corrected chi connectivity index (χ2v) is 7.67. The van der Waals surface area contributed by atoms with E-state index in [-0.39, 0.29) is 11.5 Å². The predicted octanol–water partition coefficient (Wildman–Crippen LogP) is 4.82. The highest BCUT2D eigenvalue weighted by atomic mass is 35.5. The van der Waals surface area contributed by atoms with E-state index in [1.54, 1.807) is 30.0 Å². The summed E-state index contributed by atoms with van der Waals surface area (Å²) < 4.78 is 33.0. The van der Waals surface area contributed by atoms with Crippen LogP contribution in [0.4, 0.5) is 8.78 Å². The van der Waals surface area contributed by atoms with Crippen molar-refractivity contribution in [1.29, 1.82) is 0 Å². The first-order chi connectivity index (χ1) is 13.8. The van der Waals surface area contributed by atoms with Gasteiger partial charge in [0.25, 0.3) is 5.91 Å². The normalized spacial score (nSPS) is 15.8. The van der Waals surface area contributed by atoms with E-state index in [0.717, 1.165) is 23.8 Å². The molecule has 0 bridgehead atoms. The number of carbonyl (C=O) groups excluding carboxylic acids is 2. The van der Waals surface area contributed by atoms with Gasteiger partial charge in [0.15, 0.2) is 11.9 Å². The number of aryl methyl sites for hydroxylation is 1. The summed E-state index contributed by atoms with van der Waals surface area (Å²) in [7, 11) is 0. The lowest BCUT2D eigenvalue weighted by Gasteiger charge is -2.33. The molecule has 0 spiro atoms. The molecule has 1 heterocycles. The average molecular weight is 422 g/mol. The number of hydrogen-bond acceptors (Lipinski definition) is 3. The molecule has 0 N–H and O–H groups in total. The summed E-state index contributed by atoms with van der Waals surface area (Å²) in [6, 6.07) is 8.06. The van der Waals surface area contributed by atoms with Crippen molar-refractivity contribution >= 4 is 23.3 Å². The van der Waals surface area contributed by atoms with Gasteiger partial charge in [0.05, 0.1) is 5.56 Å². The van der Waals surface area contributed by atoms with Crippen molar-refractivity contribution in [3.8, 4) is 5.75 Å². The van der Waals surface area contributed by atoms with Crippen LogP contribution in [0.2, 0.25) is 5.02 Å². The van der Waals surface area contributed by atoms with Crippen molar-refractivity contribution in [1.82, 2.24) is 4.90 Å². The maximum absolute atomic E-state index is 13.9. The third-order valence-corrected chi connectivity index (χ3v) is 5.59. The minimum absolute atomic E-state index is 0.180. The zero-order valence-electron chi connectivity index (χ0n) is 16.3. The van der Waals surface area contributed by atoms with Gasteiger partial charge in [-0.2, -0.15) is 0 Å². The number of nitrogens with zero attached hydrogens (tertiary/aromatic N) is 1. The minimum atomic E-state index is -0.727. The lowest BCUT2D eigenvalue weighted by Crippen LogP contribution is -2.45. The number of Topliss-reactive ketones (excluding diaryl/α,β-unsaturated/α-hetero) is 1. The van der Waals surface area contributed by atoms with Crippen LogP contribution in [0.5, 0.6) is 5.75 Å². The van der Waals surface area contributed by atoms with E-state index in [4.69, 9.17) is 16.3 Å². The zero-order valence-corrected chi connectivity index (χ0v) is 17.0. The lowest BCUT2D eigenvalue weighted by atomic mass is 9.88. The third-order valence-electron chi connectivity index (χ3n) is 5.16. The Morgan fingerprint density at radius 1 is 1.14 bits per heavy atom. The van der Waals surface area contributed by atoms with Crippen LogP contribution >= 0.6 is 11.6 Å². The number of halogens is 3. The molecule has 1 amide bonds. The molecule has 1 atom stereocenters. The number of amides is 1. The molecule has 3 rings (SSSR count). The van der Waals surface area contributed by atoms with Gasteiger partial charge in [0.1, 0.15) is 17.4 Å². The van der Waals surface area contributed by atoms with Crippen molar-refractivity contribution in [2.24, 2.45) is 5.92 Å². The first kappa shape index (κ1) is 21.2. The molecule has 1 aliphatic rings. The molecule has 2 aromatic carbocycles. The molecule has 1 unspecified atom stereocenters. The first-order valence-electron chi connectivity index (χ1n) is 9.47. The molecule has 2 aromatic rings. The standard InChI is InChI=1S/C22H22ClF2NO3/c1-13-11-17(4-5-19(13)23)29-14(2)22(28)26-9-7-15(8-10-26)21(27)18-12-16(24)3-6-20(18)25/h3-6,11-12,14-15H,7-10H2,1-2H3. The lowest BCUT2D eigenvalue weighted by molar-refractivity contribution is -0.139. The van der Waals surface area contributed by atoms with E-state index in [1.165, 1.54) is 0 Å². The van der Waals surface area contributed by atoms with Gasteiger partial charge < -0.3 is 9.64 Å². The number of likely N-dealkylation sites (tertiary alicyclic amines) is 1. The minimum Gasteiger partial charge on any atom is -0.481 e. The van der Waals surface area contributed by atoms with Gasteiger partial charge in [-0.1, -0.05) is 11.6 Å². The first-order valence-corrected chi connectivity index (χ1v) is 9.85. The van der Waals surface area contributed by atoms with E-state index >= 15 is 0 Å². The Kier molecular flexibility index (Phi) is 6.52. The largest absolute Gasteiger partial charge is 0.481 e. The van der Waals surface area contributed by atoms with E-state index in [1.807, 2.05) is 6.92 Å². The van der Waals surface area contributed by atoms with E-state index in [9.17, 15) is 18.4 Å². The van der Waals surface area contributed by atoms with Crippen LogP contribution in [-0.2, 0) is 4.79 Å². The summed E-state index contributed by atoms with van der Waals surface area (Å²) in [5.41, 5.74) is 0.623. The van der Waals surface area contributed by atoms with E-state index in [2.05, 4.69) is 0 Å². The van der Waals surface area contributed by atoms with Crippen LogP contribution in [0.3, 0.4) is 0 Å². The molecule has 1 fully saturated rings. The van der Waals surface area contributed by atoms with Gasteiger partial charge in [-0.3, -0.25) is 9.59 Å². The fraction of sp³-hybridized carbons (Fsp3) is 0.364. The Morgan fingerprint density at radius 2 is 1.83 bits per heavy atom. The van der Waals surface area contributed by atoms with Crippen LogP contribution in [0.25, 0.3) is 0 Å². The molecule has 0 aliphatic carbocycles. The quantitative estimate of drug-likeness (QED) is 0.650. The fourth-order valence-electron chi connectivity index (χ4n) is 3.47. The smallest absolute Gasteiger partial charge is 0.263 e. The molecule has 154 valence electrons. The maximum atomic E-state index is 13.9. The molecule has 0 aromatic heterocycles. The molecule has 1 aliphatic heterocycles. The number of piperidine rings is 1. The monoisotopic (exact) mass is 421 g/mol.